The van der Waals surface area contributed by atoms with Gasteiger partial charge in [-0.05, 0) is 46.3 Å². The van der Waals surface area contributed by atoms with Crippen LogP contribution in [0.1, 0.15) is 12.0 Å². The van der Waals surface area contributed by atoms with Crippen LogP contribution in [0.3, 0.4) is 0 Å². The number of carbonyl (C=O) groups excluding carboxylic acids is 1. The Morgan fingerprint density at radius 1 is 1.09 bits per heavy atom. The van der Waals surface area contributed by atoms with Crippen molar-refractivity contribution in [2.45, 2.75) is 6.42 Å². The normalized spacial score (nSPS) is 14.9. The van der Waals surface area contributed by atoms with E-state index in [4.69, 9.17) is 28.0 Å². The molecule has 0 saturated carbocycles. The molecule has 166 valence electrons. The number of hydrogen-bond acceptors (Lipinski definition) is 7. The quantitative estimate of drug-likeness (QED) is 0.454. The van der Waals surface area contributed by atoms with E-state index in [-0.39, 0.29) is 12.2 Å². The zero-order valence-corrected chi connectivity index (χ0v) is 18.3. The average Bonchev–Trinajstić information content (AvgIpc) is 2.98. The molecule has 2 N–H and O–H groups in total. The smallest absolute Gasteiger partial charge is 0.358 e. The van der Waals surface area contributed by atoms with E-state index in [1.54, 1.807) is 54.6 Å². The molecule has 0 aliphatic carbocycles. The summed E-state index contributed by atoms with van der Waals surface area (Å²) in [6.07, 6.45) is 4.00. The molecule has 0 spiro atoms. The summed E-state index contributed by atoms with van der Waals surface area (Å²) in [6, 6.07) is 13.5. The summed E-state index contributed by atoms with van der Waals surface area (Å²) in [5, 5.41) is 14.8. The van der Waals surface area contributed by atoms with E-state index >= 15 is 0 Å². The molecule has 2 aromatic rings. The van der Waals surface area contributed by atoms with Crippen molar-refractivity contribution in [3.8, 4) is 0 Å². The van der Waals surface area contributed by atoms with Crippen LogP contribution in [0.15, 0.2) is 93.8 Å². The van der Waals surface area contributed by atoms with Gasteiger partial charge in [-0.2, -0.15) is 0 Å². The molecule has 4 rings (SSSR count). The number of amidine groups is 1. The van der Waals surface area contributed by atoms with Crippen molar-refractivity contribution in [2.24, 2.45) is 9.98 Å². The second-order valence-electron chi connectivity index (χ2n) is 6.78. The molecule has 11 heteroatoms. The SMILES string of the molecule is O=C(Nc1cccc(Cl)c1)ONC1=NC2=CC=C([N+](=O)[O-])N=C(c3ccccc3Cl)C2=CC1. The van der Waals surface area contributed by atoms with Crippen LogP contribution in [0.4, 0.5) is 10.5 Å². The number of carbonyl (C=O) groups is 1. The topological polar surface area (TPSA) is 118 Å². The van der Waals surface area contributed by atoms with Crippen LogP contribution in [0, 0.1) is 10.1 Å². The maximum absolute atomic E-state index is 12.1. The first kappa shape index (κ1) is 22.3. The van der Waals surface area contributed by atoms with Gasteiger partial charge in [0.2, 0.25) is 0 Å². The molecule has 2 heterocycles. The summed E-state index contributed by atoms with van der Waals surface area (Å²) in [4.78, 5) is 36.6. The average molecular weight is 484 g/mol. The largest absolute Gasteiger partial charge is 0.435 e. The van der Waals surface area contributed by atoms with E-state index in [1.165, 1.54) is 12.2 Å². The zero-order chi connectivity index (χ0) is 23.4. The number of halogens is 2. The Morgan fingerprint density at radius 3 is 2.67 bits per heavy atom. The number of allylic oxidation sites excluding steroid dienone is 3. The summed E-state index contributed by atoms with van der Waals surface area (Å²) >= 11 is 12.2. The second-order valence-corrected chi connectivity index (χ2v) is 7.63. The fourth-order valence-corrected chi connectivity index (χ4v) is 3.52. The fraction of sp³-hybridized carbons (Fsp3) is 0.0455. The number of fused-ring (bicyclic) bond motifs is 1. The lowest BCUT2D eigenvalue weighted by Crippen LogP contribution is -2.31. The van der Waals surface area contributed by atoms with Crippen molar-refractivity contribution < 1.29 is 14.6 Å². The summed E-state index contributed by atoms with van der Waals surface area (Å²) in [5.74, 6) is -0.0303. The van der Waals surface area contributed by atoms with Crippen LogP contribution < -0.4 is 10.8 Å². The number of nitrogens with zero attached hydrogens (tertiary/aromatic N) is 3. The zero-order valence-electron chi connectivity index (χ0n) is 16.8. The molecular formula is C22H15Cl2N5O4. The molecule has 0 bridgehead atoms. The Labute approximate surface area is 197 Å². The summed E-state index contributed by atoms with van der Waals surface area (Å²) < 4.78 is 0. The molecule has 0 unspecified atom stereocenters. The number of dihydropyridines is 1. The summed E-state index contributed by atoms with van der Waals surface area (Å²) in [5.41, 5.74) is 4.81. The van der Waals surface area contributed by atoms with E-state index in [0.29, 0.717) is 44.1 Å². The third kappa shape index (κ3) is 5.28. The number of anilines is 1. The van der Waals surface area contributed by atoms with Crippen molar-refractivity contribution in [3.63, 3.8) is 0 Å². The monoisotopic (exact) mass is 483 g/mol. The van der Waals surface area contributed by atoms with Gasteiger partial charge in [0.25, 0.3) is 0 Å². The minimum absolute atomic E-state index is 0.258. The van der Waals surface area contributed by atoms with Gasteiger partial charge in [-0.15, -0.1) is 0 Å². The summed E-state index contributed by atoms with van der Waals surface area (Å²) in [6.45, 7) is 0. The Balaban J connectivity index is 1.54. The molecule has 2 aromatic carbocycles. The minimum Gasteiger partial charge on any atom is -0.358 e. The van der Waals surface area contributed by atoms with Gasteiger partial charge in [-0.1, -0.05) is 47.5 Å². The maximum Gasteiger partial charge on any atom is 0.435 e. The van der Waals surface area contributed by atoms with Crippen LogP contribution in [0.5, 0.6) is 0 Å². The Bertz CT molecular complexity index is 1300. The third-order valence-corrected chi connectivity index (χ3v) is 5.12. The van der Waals surface area contributed by atoms with Gasteiger partial charge in [-0.25, -0.2) is 15.3 Å². The highest BCUT2D eigenvalue weighted by atomic mass is 35.5. The lowest BCUT2D eigenvalue weighted by molar-refractivity contribution is -0.425. The van der Waals surface area contributed by atoms with Gasteiger partial charge in [0.1, 0.15) is 5.84 Å². The van der Waals surface area contributed by atoms with Gasteiger partial charge < -0.3 is 15.0 Å². The second kappa shape index (κ2) is 9.68. The number of nitro groups is 1. The highest BCUT2D eigenvalue weighted by Gasteiger charge is 2.28. The van der Waals surface area contributed by atoms with Crippen LogP contribution in [0.2, 0.25) is 10.0 Å². The highest BCUT2D eigenvalue weighted by molar-refractivity contribution is 6.36. The number of benzene rings is 2. The Morgan fingerprint density at radius 2 is 1.91 bits per heavy atom. The molecule has 33 heavy (non-hydrogen) atoms. The lowest BCUT2D eigenvalue weighted by Gasteiger charge is -2.16. The first-order valence-corrected chi connectivity index (χ1v) is 10.3. The van der Waals surface area contributed by atoms with Crippen LogP contribution in [-0.2, 0) is 4.84 Å². The van der Waals surface area contributed by atoms with Gasteiger partial charge in [0.15, 0.2) is 5.71 Å². The first-order valence-electron chi connectivity index (χ1n) is 9.58. The molecule has 0 radical (unpaired) electrons. The van der Waals surface area contributed by atoms with E-state index in [9.17, 15) is 14.9 Å². The van der Waals surface area contributed by atoms with Crippen LogP contribution in [-0.4, -0.2) is 22.6 Å². The fourth-order valence-electron chi connectivity index (χ4n) is 3.10. The van der Waals surface area contributed by atoms with E-state index in [2.05, 4.69) is 20.8 Å². The lowest BCUT2D eigenvalue weighted by atomic mass is 9.97. The van der Waals surface area contributed by atoms with Gasteiger partial charge in [0.05, 0.1) is 10.7 Å². The highest BCUT2D eigenvalue weighted by Crippen LogP contribution is 2.29. The van der Waals surface area contributed by atoms with E-state index in [0.717, 1.165) is 0 Å². The van der Waals surface area contributed by atoms with Gasteiger partial charge >= 0.3 is 11.9 Å². The van der Waals surface area contributed by atoms with Crippen molar-refractivity contribution in [1.82, 2.24) is 5.48 Å². The minimum atomic E-state index is -0.765. The molecular weight excluding hydrogens is 469 g/mol. The van der Waals surface area contributed by atoms with E-state index in [1.807, 2.05) is 0 Å². The standard InChI is InChI=1S/C22H15Cl2N5O4/c23-13-4-3-5-14(12-13)25-22(30)33-28-19-10-8-16-18(26-19)9-11-20(29(31)32)27-21(16)15-6-1-2-7-17(15)24/h1-9,11-12H,10H2,(H,25,30)(H,26,28). The number of amides is 1. The van der Waals surface area contributed by atoms with Gasteiger partial charge in [-0.3, -0.25) is 5.32 Å². The molecule has 0 atom stereocenters. The molecule has 0 saturated heterocycles. The first-order chi connectivity index (χ1) is 15.9. The molecule has 0 aromatic heterocycles. The van der Waals surface area contributed by atoms with Crippen molar-refractivity contribution in [3.05, 3.63) is 110 Å². The number of nitrogens with one attached hydrogen (secondary N) is 2. The third-order valence-electron chi connectivity index (χ3n) is 4.55. The maximum atomic E-state index is 12.1. The molecule has 2 aliphatic heterocycles. The predicted octanol–water partition coefficient (Wildman–Crippen LogP) is 5.28. The van der Waals surface area contributed by atoms with Crippen molar-refractivity contribution in [2.75, 3.05) is 5.32 Å². The number of rotatable bonds is 3. The van der Waals surface area contributed by atoms with Crippen LogP contribution in [0.25, 0.3) is 0 Å². The Hall–Kier alpha value is -3.95. The van der Waals surface area contributed by atoms with E-state index < -0.39 is 11.0 Å². The van der Waals surface area contributed by atoms with Crippen LogP contribution >= 0.6 is 23.2 Å². The summed E-state index contributed by atoms with van der Waals surface area (Å²) in [7, 11) is 0. The van der Waals surface area contributed by atoms with Gasteiger partial charge in [0, 0.05) is 34.3 Å². The predicted molar refractivity (Wildman–Crippen MR) is 126 cm³/mol. The molecule has 9 nitrogen and oxygen atoms in total. The van der Waals surface area contributed by atoms with Crippen molar-refractivity contribution >= 4 is 46.5 Å². The number of aliphatic imine (C=N–C) groups is 2. The number of hydroxylamine groups is 1. The van der Waals surface area contributed by atoms with Crippen molar-refractivity contribution in [1.29, 1.82) is 0 Å². The molecule has 2 aliphatic rings. The molecule has 0 fully saturated rings. The Kier molecular flexibility index (Phi) is 6.53. The molecule has 1 amide bonds. The number of hydrogen-bond donors (Lipinski definition) is 2.